The monoisotopic (exact) mass is 1950 g/mol. The van der Waals surface area contributed by atoms with Crippen LogP contribution in [0.5, 0.6) is 0 Å². The van der Waals surface area contributed by atoms with Crippen LogP contribution < -0.4 is 31.9 Å². The van der Waals surface area contributed by atoms with Crippen molar-refractivity contribution in [3.63, 3.8) is 0 Å². The highest BCUT2D eigenvalue weighted by Crippen LogP contribution is 2.38. The van der Waals surface area contributed by atoms with Gasteiger partial charge in [-0.3, -0.25) is 34.3 Å². The summed E-state index contributed by atoms with van der Waals surface area (Å²) in [5, 5.41) is 22.4. The molecule has 138 heavy (non-hydrogen) atoms. The zero-order valence-electron chi connectivity index (χ0n) is 104. The second-order valence-corrected chi connectivity index (χ2v) is 62.8. The van der Waals surface area contributed by atoms with Gasteiger partial charge in [0.15, 0.2) is 0 Å². The summed E-state index contributed by atoms with van der Waals surface area (Å²) in [6.45, 7) is 139. The first-order chi connectivity index (χ1) is 62.5. The van der Waals surface area contributed by atoms with Gasteiger partial charge in [0.25, 0.3) is 0 Å². The molecule has 0 atom stereocenters. The quantitative estimate of drug-likeness (QED) is 0.0420. The molecule has 14 heteroatoms. The molecule has 0 aromatic heterocycles. The van der Waals surface area contributed by atoms with E-state index in [2.05, 4.69) is 403 Å². The van der Waals surface area contributed by atoms with E-state index in [0.717, 1.165) is 48.6 Å². The van der Waals surface area contributed by atoms with Crippen LogP contribution in [0.2, 0.25) is 0 Å². The van der Waals surface area contributed by atoms with E-state index in [1.807, 2.05) is 0 Å². The number of hydrogen-bond donors (Lipinski definition) is 6. The molecule has 8 heterocycles. The summed E-state index contributed by atoms with van der Waals surface area (Å²) < 4.78 is 0. The Morgan fingerprint density at radius 2 is 0.399 bits per heavy atom. The molecular formula is C124H262N14. The van der Waals surface area contributed by atoms with Gasteiger partial charge < -0.3 is 36.8 Å². The topological polar surface area (TPSA) is 98.1 Å². The SMILES string of the molecule is CC(C)(C)C1CCN(C(C)(C)C)CC1.CC(C)(C)CCCCCCCN1CC(C(C)(C)C)C1.CC(C)(C)CCCCCNC1CCN(C(C)(C)C)CC1.CC(C)(C)CCCCNC1CCN(C(C)(C)C)CC1.CC(C)(C)CCCNC1CCN(C(C)(C)C)CC1.CC(C)(C)CCNC1CCN(C(C)(C)C)CC1.CC(C)(C)CNC1CCN(C(C)(C)C)CC1.CC(C)(C)NC1CCN(C(C)(C)C)CC1. The third kappa shape index (κ3) is 69.7. The van der Waals surface area contributed by atoms with Crippen LogP contribution in [0.1, 0.15) is 525 Å². The zero-order chi connectivity index (χ0) is 106. The van der Waals surface area contributed by atoms with Gasteiger partial charge in [0.05, 0.1) is 0 Å². The number of nitrogens with zero attached hydrogens (tertiary/aromatic N) is 8. The standard InChI is InChI=1S/C18H38N2.C18H37N.C17H36N2.C16H34N2.C15H32N2.C14H30N2.C13H28N2.C13H27N/c1-17(2,3)12-8-7-9-13-19-16-10-14-20(15-11-16)18(4,5)6;1-17(2,3)12-10-8-7-9-11-13-19-14-16(15-19)18(4,5)6;1-16(2,3)11-7-8-12-18-15-9-13-19(14-10-15)17(4,5)6;1-15(2,3)10-7-11-17-14-8-12-18(13-9-14)16(4,5)6;1-14(2,3)9-10-16-13-7-11-17(12-8-13)15(4,5)6;1-13(2,3)11-15-12-7-9-16(10-8-12)14(4,5)6;1-12(2,3)14-11-7-9-15(10-8-11)13(4,5)6;1-12(2,3)11-7-9-14(10-8-11)13(4,5)6/h16,19H,7-15H2,1-6H3;16H,7-15H2,1-6H3;15,18H,7-14H2,1-6H3;14,17H,7-13H2,1-6H3;13,16H,7-12H2,1-6H3;12,15H,7-11H2,1-6H3;11,14H,7-10H2,1-6H3;11H,7-10H2,1-6H3. The number of likely N-dealkylation sites (tertiary alicyclic amines) is 8. The molecule has 6 N–H and O–H groups in total. The lowest BCUT2D eigenvalue weighted by Crippen LogP contribution is -2.53. The lowest BCUT2D eigenvalue weighted by Gasteiger charge is -2.46. The lowest BCUT2D eigenvalue weighted by molar-refractivity contribution is 0.0238. The molecule has 828 valence electrons. The van der Waals surface area contributed by atoms with E-state index in [1.54, 1.807) is 0 Å². The maximum Gasteiger partial charge on any atom is 0.0125 e. The molecule has 0 radical (unpaired) electrons. The van der Waals surface area contributed by atoms with Crippen molar-refractivity contribution in [3.05, 3.63) is 0 Å². The summed E-state index contributed by atoms with van der Waals surface area (Å²) >= 11 is 0. The number of hydrogen-bond acceptors (Lipinski definition) is 14. The van der Waals surface area contributed by atoms with E-state index in [9.17, 15) is 0 Å². The molecular weight excluding hydrogens is 1690 g/mol. The molecule has 8 fully saturated rings. The van der Waals surface area contributed by atoms with E-state index in [1.165, 1.54) is 330 Å². The summed E-state index contributed by atoms with van der Waals surface area (Å²) in [5.41, 5.74) is 6.58. The minimum Gasteiger partial charge on any atom is -0.314 e. The predicted molar refractivity (Wildman–Crippen MR) is 622 cm³/mol. The van der Waals surface area contributed by atoms with Gasteiger partial charge >= 0.3 is 0 Å². The van der Waals surface area contributed by atoms with Crippen molar-refractivity contribution in [1.82, 2.24) is 71.1 Å². The summed E-state index contributed by atoms with van der Waals surface area (Å²) in [7, 11) is 0. The molecule has 8 saturated heterocycles. The Morgan fingerprint density at radius 3 is 0.652 bits per heavy atom. The Bertz CT molecular complexity index is 2920. The Hall–Kier alpha value is -0.560. The van der Waals surface area contributed by atoms with Crippen molar-refractivity contribution >= 4 is 0 Å². The van der Waals surface area contributed by atoms with Gasteiger partial charge in [0.1, 0.15) is 0 Å². The Kier molecular flexibility index (Phi) is 60.5. The Labute approximate surface area is 870 Å². The number of unbranched alkanes of at least 4 members (excludes halogenated alkanes) is 7. The molecule has 0 bridgehead atoms. The molecule has 8 rings (SSSR count). The van der Waals surface area contributed by atoms with Gasteiger partial charge in [-0.1, -0.05) is 211 Å². The molecule has 14 nitrogen and oxygen atoms in total. The second kappa shape index (κ2) is 61.7. The highest BCUT2D eigenvalue weighted by Gasteiger charge is 2.38. The lowest BCUT2D eigenvalue weighted by atomic mass is 9.75. The van der Waals surface area contributed by atoms with Crippen LogP contribution in [-0.4, -0.2) is 264 Å². The second-order valence-electron chi connectivity index (χ2n) is 62.8. The Balaban J connectivity index is 0.000000790. The summed E-state index contributed by atoms with van der Waals surface area (Å²) in [4.78, 5) is 20.9. The highest BCUT2D eigenvalue weighted by atomic mass is 15.2. The molecule has 0 unspecified atom stereocenters. The Morgan fingerprint density at radius 1 is 0.188 bits per heavy atom. The normalized spacial score (nSPS) is 20.5. The maximum atomic E-state index is 3.76. The summed E-state index contributed by atoms with van der Waals surface area (Å²) in [6, 6.07) is 4.46. The third-order valence-electron chi connectivity index (χ3n) is 31.1. The molecule has 0 saturated carbocycles. The van der Waals surface area contributed by atoms with Crippen LogP contribution in [-0.2, 0) is 0 Å². The number of nitrogens with one attached hydrogen (secondary N) is 6. The molecule has 0 spiro atoms. The first-order valence-electron chi connectivity index (χ1n) is 58.9. The smallest absolute Gasteiger partial charge is 0.0125 e. The van der Waals surface area contributed by atoms with Crippen molar-refractivity contribution in [2.75, 3.05) is 144 Å². The minimum absolute atomic E-state index is 0.259. The summed E-state index contributed by atoms with van der Waals surface area (Å²) in [6.07, 6.45) is 40.3. The molecule has 0 aromatic rings. The van der Waals surface area contributed by atoms with Crippen molar-refractivity contribution in [2.24, 2.45) is 55.2 Å². The van der Waals surface area contributed by atoms with Gasteiger partial charge in [0, 0.05) is 179 Å². The molecule has 0 aliphatic carbocycles. The predicted octanol–water partition coefficient (Wildman–Crippen LogP) is 29.9. The van der Waals surface area contributed by atoms with Crippen LogP contribution in [0.25, 0.3) is 0 Å². The van der Waals surface area contributed by atoms with Crippen LogP contribution in [0.3, 0.4) is 0 Å². The van der Waals surface area contributed by atoms with Crippen molar-refractivity contribution < 1.29 is 0 Å². The largest absolute Gasteiger partial charge is 0.314 e. The van der Waals surface area contributed by atoms with Crippen LogP contribution in [0.15, 0.2) is 0 Å². The van der Waals surface area contributed by atoms with Gasteiger partial charge in [-0.05, 0) is 415 Å². The van der Waals surface area contributed by atoms with E-state index < -0.39 is 0 Å². The first-order valence-corrected chi connectivity index (χ1v) is 58.9. The maximum absolute atomic E-state index is 3.76. The average molecular weight is 1950 g/mol. The fraction of sp³-hybridized carbons (Fsp3) is 1.00. The van der Waals surface area contributed by atoms with Crippen LogP contribution in [0.4, 0.5) is 0 Å². The van der Waals surface area contributed by atoms with Crippen molar-refractivity contribution in [2.45, 2.75) is 606 Å². The third-order valence-corrected chi connectivity index (χ3v) is 31.1. The van der Waals surface area contributed by atoms with Gasteiger partial charge in [0.2, 0.25) is 0 Å². The first kappa shape index (κ1) is 135. The van der Waals surface area contributed by atoms with Crippen LogP contribution in [0, 0.1) is 55.2 Å². The molecule has 0 amide bonds. The average Bonchev–Trinajstić information content (AvgIpc) is 0.820. The van der Waals surface area contributed by atoms with Gasteiger partial charge in [-0.15, -0.1) is 0 Å². The van der Waals surface area contributed by atoms with E-state index in [4.69, 9.17) is 0 Å². The van der Waals surface area contributed by atoms with Crippen molar-refractivity contribution in [1.29, 1.82) is 0 Å². The van der Waals surface area contributed by atoms with E-state index in [-0.39, 0.29) is 5.54 Å². The molecule has 0 aromatic carbocycles. The zero-order valence-corrected chi connectivity index (χ0v) is 104. The molecule has 8 aliphatic rings. The number of piperidine rings is 7. The number of rotatable bonds is 28. The highest BCUT2D eigenvalue weighted by molar-refractivity contribution is 4.94. The van der Waals surface area contributed by atoms with Crippen molar-refractivity contribution in [3.8, 4) is 0 Å². The summed E-state index contributed by atoms with van der Waals surface area (Å²) in [5.74, 6) is 1.85. The minimum atomic E-state index is 0.259. The fourth-order valence-electron chi connectivity index (χ4n) is 20.7. The van der Waals surface area contributed by atoms with E-state index >= 15 is 0 Å². The van der Waals surface area contributed by atoms with Gasteiger partial charge in [-0.2, -0.15) is 0 Å². The van der Waals surface area contributed by atoms with Crippen LogP contribution >= 0.6 is 0 Å². The van der Waals surface area contributed by atoms with Gasteiger partial charge in [-0.25, -0.2) is 0 Å². The fourth-order valence-corrected chi connectivity index (χ4v) is 20.7. The van der Waals surface area contributed by atoms with E-state index in [0.29, 0.717) is 88.1 Å². The molecule has 8 aliphatic heterocycles.